The zero-order valence-electron chi connectivity index (χ0n) is 10.1. The molecule has 0 bridgehead atoms. The molecule has 0 amide bonds. The summed E-state index contributed by atoms with van der Waals surface area (Å²) in [7, 11) is 0. The van der Waals surface area contributed by atoms with E-state index in [1.807, 2.05) is 54.6 Å². The van der Waals surface area contributed by atoms with Crippen molar-refractivity contribution >= 4 is 5.88 Å². The summed E-state index contributed by atoms with van der Waals surface area (Å²) in [6.07, 6.45) is 0. The van der Waals surface area contributed by atoms with Crippen LogP contribution in [0.25, 0.3) is 11.3 Å². The number of rotatable bonds is 3. The molecule has 2 aromatic carbocycles. The molecule has 0 aliphatic rings. The minimum Gasteiger partial charge on any atom is -0.457 e. The Morgan fingerprint density at radius 1 is 0.895 bits per heavy atom. The van der Waals surface area contributed by atoms with Crippen molar-refractivity contribution in [2.75, 3.05) is 5.73 Å². The molecule has 94 valence electrons. The van der Waals surface area contributed by atoms with Crippen molar-refractivity contribution in [2.24, 2.45) is 0 Å². The Hall–Kier alpha value is -2.75. The van der Waals surface area contributed by atoms with Crippen molar-refractivity contribution in [1.82, 2.24) is 5.16 Å². The Balaban J connectivity index is 1.79. The third kappa shape index (κ3) is 2.57. The molecular weight excluding hydrogens is 240 g/mol. The number of para-hydroxylation sites is 1. The van der Waals surface area contributed by atoms with Gasteiger partial charge in [-0.2, -0.15) is 0 Å². The molecule has 0 aliphatic carbocycles. The second-order valence-electron chi connectivity index (χ2n) is 4.05. The first-order chi connectivity index (χ1) is 9.31. The second-order valence-corrected chi connectivity index (χ2v) is 4.05. The quantitative estimate of drug-likeness (QED) is 0.771. The predicted octanol–water partition coefficient (Wildman–Crippen LogP) is 3.72. The first kappa shape index (κ1) is 11.3. The molecule has 19 heavy (non-hydrogen) atoms. The average molecular weight is 252 g/mol. The van der Waals surface area contributed by atoms with Crippen molar-refractivity contribution < 1.29 is 9.26 Å². The Morgan fingerprint density at radius 3 is 2.21 bits per heavy atom. The lowest BCUT2D eigenvalue weighted by molar-refractivity contribution is 0.439. The van der Waals surface area contributed by atoms with Crippen LogP contribution in [0.4, 0.5) is 5.88 Å². The van der Waals surface area contributed by atoms with E-state index in [9.17, 15) is 0 Å². The molecule has 0 unspecified atom stereocenters. The highest BCUT2D eigenvalue weighted by atomic mass is 16.5. The van der Waals surface area contributed by atoms with Gasteiger partial charge in [0.05, 0.1) is 0 Å². The van der Waals surface area contributed by atoms with Crippen molar-refractivity contribution in [2.45, 2.75) is 0 Å². The van der Waals surface area contributed by atoms with E-state index in [0.717, 1.165) is 17.1 Å². The Kier molecular flexibility index (Phi) is 2.90. The van der Waals surface area contributed by atoms with Crippen molar-refractivity contribution in [3.63, 3.8) is 0 Å². The van der Waals surface area contributed by atoms with E-state index >= 15 is 0 Å². The third-order valence-corrected chi connectivity index (χ3v) is 2.66. The number of anilines is 1. The van der Waals surface area contributed by atoms with Gasteiger partial charge in [-0.3, -0.25) is 0 Å². The molecule has 0 radical (unpaired) electrons. The molecule has 3 rings (SSSR count). The van der Waals surface area contributed by atoms with Gasteiger partial charge in [0.1, 0.15) is 17.2 Å². The third-order valence-electron chi connectivity index (χ3n) is 2.66. The first-order valence-corrected chi connectivity index (χ1v) is 5.87. The van der Waals surface area contributed by atoms with E-state index in [0.29, 0.717) is 11.6 Å². The van der Waals surface area contributed by atoms with Crippen LogP contribution in [0.15, 0.2) is 65.2 Å². The van der Waals surface area contributed by atoms with Crippen LogP contribution in [0.1, 0.15) is 0 Å². The lowest BCUT2D eigenvalue weighted by atomic mass is 10.1. The van der Waals surface area contributed by atoms with Crippen molar-refractivity contribution in [3.05, 3.63) is 60.7 Å². The van der Waals surface area contributed by atoms with Crippen LogP contribution in [-0.2, 0) is 0 Å². The molecule has 0 saturated heterocycles. The lowest BCUT2D eigenvalue weighted by Crippen LogP contribution is -1.84. The van der Waals surface area contributed by atoms with Gasteiger partial charge in [0.2, 0.25) is 5.88 Å². The van der Waals surface area contributed by atoms with Crippen LogP contribution >= 0.6 is 0 Å². The SMILES string of the molecule is Nc1cc(-c2ccc(Oc3ccccc3)cc2)no1. The van der Waals surface area contributed by atoms with E-state index in [1.165, 1.54) is 0 Å². The lowest BCUT2D eigenvalue weighted by Gasteiger charge is -2.05. The van der Waals surface area contributed by atoms with Gasteiger partial charge < -0.3 is 15.0 Å². The van der Waals surface area contributed by atoms with Gasteiger partial charge in [0.25, 0.3) is 0 Å². The summed E-state index contributed by atoms with van der Waals surface area (Å²) in [6.45, 7) is 0. The second kappa shape index (κ2) is 4.86. The van der Waals surface area contributed by atoms with E-state index in [4.69, 9.17) is 15.0 Å². The summed E-state index contributed by atoms with van der Waals surface area (Å²) in [6, 6.07) is 18.9. The minimum atomic E-state index is 0.305. The van der Waals surface area contributed by atoms with Crippen molar-refractivity contribution in [1.29, 1.82) is 0 Å². The maximum atomic E-state index is 5.71. The van der Waals surface area contributed by atoms with E-state index in [1.54, 1.807) is 6.07 Å². The molecule has 0 atom stereocenters. The number of nitrogens with two attached hydrogens (primary N) is 1. The fourth-order valence-corrected chi connectivity index (χ4v) is 1.74. The van der Waals surface area contributed by atoms with Gasteiger partial charge in [-0.1, -0.05) is 23.4 Å². The fraction of sp³-hybridized carbons (Fsp3) is 0. The van der Waals surface area contributed by atoms with Crippen LogP contribution < -0.4 is 10.5 Å². The maximum absolute atomic E-state index is 5.71. The molecule has 0 fully saturated rings. The van der Waals surface area contributed by atoms with Gasteiger partial charge in [-0.15, -0.1) is 0 Å². The monoisotopic (exact) mass is 252 g/mol. The Morgan fingerprint density at radius 2 is 1.58 bits per heavy atom. The normalized spacial score (nSPS) is 10.3. The van der Waals surface area contributed by atoms with E-state index in [2.05, 4.69) is 5.16 Å². The minimum absolute atomic E-state index is 0.305. The highest BCUT2D eigenvalue weighted by Crippen LogP contribution is 2.25. The molecule has 2 N–H and O–H groups in total. The number of benzene rings is 2. The maximum Gasteiger partial charge on any atom is 0.222 e. The van der Waals surface area contributed by atoms with Gasteiger partial charge >= 0.3 is 0 Å². The largest absolute Gasteiger partial charge is 0.457 e. The highest BCUT2D eigenvalue weighted by molar-refractivity contribution is 5.62. The molecular formula is C15H12N2O2. The summed E-state index contributed by atoms with van der Waals surface area (Å²) >= 11 is 0. The summed E-state index contributed by atoms with van der Waals surface area (Å²) in [5, 5.41) is 3.86. The number of nitrogens with zero attached hydrogens (tertiary/aromatic N) is 1. The van der Waals surface area contributed by atoms with E-state index < -0.39 is 0 Å². The molecule has 4 heteroatoms. The Bertz CT molecular complexity index is 660. The summed E-state index contributed by atoms with van der Waals surface area (Å²) < 4.78 is 10.5. The van der Waals surface area contributed by atoms with Crippen LogP contribution in [0.2, 0.25) is 0 Å². The van der Waals surface area contributed by atoms with E-state index in [-0.39, 0.29) is 0 Å². The van der Waals surface area contributed by atoms with Gasteiger partial charge in [0.15, 0.2) is 0 Å². The standard InChI is InChI=1S/C15H12N2O2/c16-15-10-14(17-19-15)11-6-8-13(9-7-11)18-12-4-2-1-3-5-12/h1-10H,16H2. The number of ether oxygens (including phenoxy) is 1. The van der Waals surface area contributed by atoms with Gasteiger partial charge in [-0.25, -0.2) is 0 Å². The van der Waals surface area contributed by atoms with Crippen molar-refractivity contribution in [3.8, 4) is 22.8 Å². The average Bonchev–Trinajstić information content (AvgIpc) is 2.87. The molecule has 1 heterocycles. The molecule has 1 aromatic heterocycles. The molecule has 4 nitrogen and oxygen atoms in total. The number of aromatic nitrogens is 1. The molecule has 0 spiro atoms. The zero-order chi connectivity index (χ0) is 13.1. The van der Waals surface area contributed by atoms with Crippen LogP contribution in [0.3, 0.4) is 0 Å². The molecule has 3 aromatic rings. The van der Waals surface area contributed by atoms with Crippen LogP contribution in [0.5, 0.6) is 11.5 Å². The zero-order valence-corrected chi connectivity index (χ0v) is 10.1. The smallest absolute Gasteiger partial charge is 0.222 e. The predicted molar refractivity (Wildman–Crippen MR) is 72.9 cm³/mol. The number of hydrogen-bond donors (Lipinski definition) is 1. The first-order valence-electron chi connectivity index (χ1n) is 5.87. The highest BCUT2D eigenvalue weighted by Gasteiger charge is 2.04. The summed E-state index contributed by atoms with van der Waals surface area (Å²) in [5.74, 6) is 1.88. The fourth-order valence-electron chi connectivity index (χ4n) is 1.74. The van der Waals surface area contributed by atoms with Crippen LogP contribution in [-0.4, -0.2) is 5.16 Å². The Labute approximate surface area is 110 Å². The van der Waals surface area contributed by atoms with Gasteiger partial charge in [-0.05, 0) is 36.4 Å². The summed E-state index contributed by atoms with van der Waals surface area (Å²) in [5.41, 5.74) is 7.14. The number of nitrogen functional groups attached to an aromatic ring is 1. The molecule has 0 saturated carbocycles. The summed E-state index contributed by atoms with van der Waals surface area (Å²) in [4.78, 5) is 0. The topological polar surface area (TPSA) is 61.3 Å². The van der Waals surface area contributed by atoms with Gasteiger partial charge in [0, 0.05) is 11.6 Å². The number of hydrogen-bond acceptors (Lipinski definition) is 4. The van der Waals surface area contributed by atoms with Crippen LogP contribution in [0, 0.1) is 0 Å². The molecule has 0 aliphatic heterocycles.